The molecule has 1 aromatic rings. The summed E-state index contributed by atoms with van der Waals surface area (Å²) in [6.07, 6.45) is 6.42. The van der Waals surface area contributed by atoms with Crippen molar-refractivity contribution in [3.8, 4) is 0 Å². The van der Waals surface area contributed by atoms with Crippen LogP contribution in [0.25, 0.3) is 0 Å². The molecule has 0 unspecified atom stereocenters. The van der Waals surface area contributed by atoms with Gasteiger partial charge in [-0.3, -0.25) is 0 Å². The maximum Gasteiger partial charge on any atom is 0.376 e. The van der Waals surface area contributed by atoms with Gasteiger partial charge in [0.1, 0.15) is 5.82 Å². The number of nitrogens with zero attached hydrogens (tertiary/aromatic N) is 3. The minimum atomic E-state index is -0.371. The van der Waals surface area contributed by atoms with E-state index in [-0.39, 0.29) is 5.97 Å². The second-order valence-corrected chi connectivity index (χ2v) is 4.88. The zero-order valence-corrected chi connectivity index (χ0v) is 11.2. The van der Waals surface area contributed by atoms with Crippen LogP contribution in [0.4, 0.5) is 0 Å². The van der Waals surface area contributed by atoms with Crippen LogP contribution < -0.4 is 0 Å². The lowest BCUT2D eigenvalue weighted by atomic mass is 10.0. The highest BCUT2D eigenvalue weighted by atomic mass is 16.5. The number of carbonyl (C=O) groups excluding carboxylic acids is 1. The maximum atomic E-state index is 11.7. The second-order valence-electron chi connectivity index (χ2n) is 4.88. The Kier molecular flexibility index (Phi) is 4.33. The Bertz CT molecular complexity index is 408. The minimum absolute atomic E-state index is 0.340. The van der Waals surface area contributed by atoms with E-state index in [2.05, 4.69) is 10.2 Å². The molecule has 1 saturated carbocycles. The molecule has 0 radical (unpaired) electrons. The van der Waals surface area contributed by atoms with Gasteiger partial charge >= 0.3 is 5.97 Å². The number of esters is 1. The highest BCUT2D eigenvalue weighted by Gasteiger charge is 2.20. The van der Waals surface area contributed by atoms with E-state index in [0.29, 0.717) is 12.4 Å². The molecule has 0 atom stereocenters. The summed E-state index contributed by atoms with van der Waals surface area (Å²) in [5.41, 5.74) is 0. The third kappa shape index (κ3) is 2.89. The predicted molar refractivity (Wildman–Crippen MR) is 67.3 cm³/mol. The molecule has 0 aromatic carbocycles. The van der Waals surface area contributed by atoms with Crippen LogP contribution >= 0.6 is 0 Å². The van der Waals surface area contributed by atoms with E-state index in [1.54, 1.807) is 6.92 Å². The third-order valence-corrected chi connectivity index (χ3v) is 3.63. The highest BCUT2D eigenvalue weighted by molar-refractivity contribution is 5.85. The van der Waals surface area contributed by atoms with Gasteiger partial charge in [0.15, 0.2) is 0 Å². The Morgan fingerprint density at radius 3 is 2.78 bits per heavy atom. The Morgan fingerprint density at radius 2 is 2.11 bits per heavy atom. The summed E-state index contributed by atoms with van der Waals surface area (Å²) in [6.45, 7) is 4.86. The number of hydrogen-bond donors (Lipinski definition) is 0. The number of aryl methyl sites for hydroxylation is 1. The Hall–Kier alpha value is -1.39. The van der Waals surface area contributed by atoms with Gasteiger partial charge in [0.25, 0.3) is 0 Å². The fourth-order valence-corrected chi connectivity index (χ4v) is 2.61. The van der Waals surface area contributed by atoms with Crippen molar-refractivity contribution < 1.29 is 9.53 Å². The molecule has 1 fully saturated rings. The van der Waals surface area contributed by atoms with Gasteiger partial charge in [-0.05, 0) is 26.2 Å². The van der Waals surface area contributed by atoms with Crippen molar-refractivity contribution in [1.82, 2.24) is 14.8 Å². The first-order valence-corrected chi connectivity index (χ1v) is 6.79. The first-order valence-electron chi connectivity index (χ1n) is 6.79. The molecule has 1 aliphatic carbocycles. The quantitative estimate of drug-likeness (QED) is 0.754. The first-order chi connectivity index (χ1) is 8.72. The fraction of sp³-hybridized carbons (Fsp3) is 0.769. The van der Waals surface area contributed by atoms with Crippen molar-refractivity contribution in [2.24, 2.45) is 5.92 Å². The average molecular weight is 251 g/mol. The molecule has 0 bridgehead atoms. The van der Waals surface area contributed by atoms with Crippen LogP contribution in [0.15, 0.2) is 0 Å². The molecule has 0 saturated heterocycles. The van der Waals surface area contributed by atoms with E-state index >= 15 is 0 Å². The molecule has 1 aliphatic rings. The summed E-state index contributed by atoms with van der Waals surface area (Å²) < 4.78 is 6.88. The summed E-state index contributed by atoms with van der Waals surface area (Å²) in [5.74, 6) is 1.55. The highest BCUT2D eigenvalue weighted by Crippen LogP contribution is 2.28. The summed E-state index contributed by atoms with van der Waals surface area (Å²) in [6, 6.07) is 0. The lowest BCUT2D eigenvalue weighted by molar-refractivity contribution is 0.0505. The standard InChI is InChI=1S/C13H21N3O2/c1-3-18-13(17)12-15-14-10(2)16(12)9-8-11-6-4-5-7-11/h11H,3-9H2,1-2H3. The molecule has 18 heavy (non-hydrogen) atoms. The molecule has 5 nitrogen and oxygen atoms in total. The van der Waals surface area contributed by atoms with Crippen molar-refractivity contribution in [3.05, 3.63) is 11.6 Å². The van der Waals surface area contributed by atoms with Crippen LogP contribution in [0.1, 0.15) is 55.5 Å². The van der Waals surface area contributed by atoms with Gasteiger partial charge in [0, 0.05) is 6.54 Å². The molecule has 2 rings (SSSR count). The Labute approximate surface area is 108 Å². The van der Waals surface area contributed by atoms with Crippen molar-refractivity contribution in [3.63, 3.8) is 0 Å². The lowest BCUT2D eigenvalue weighted by Crippen LogP contribution is -2.15. The smallest absolute Gasteiger partial charge is 0.376 e. The summed E-state index contributed by atoms with van der Waals surface area (Å²) in [4.78, 5) is 11.7. The van der Waals surface area contributed by atoms with Crippen LogP contribution in [-0.2, 0) is 11.3 Å². The van der Waals surface area contributed by atoms with Crippen LogP contribution in [-0.4, -0.2) is 27.3 Å². The number of aromatic nitrogens is 3. The fourth-order valence-electron chi connectivity index (χ4n) is 2.61. The topological polar surface area (TPSA) is 57.0 Å². The molecule has 0 spiro atoms. The summed E-state index contributed by atoms with van der Waals surface area (Å²) in [7, 11) is 0. The normalized spacial score (nSPS) is 16.1. The first kappa shape index (κ1) is 13.1. The minimum Gasteiger partial charge on any atom is -0.460 e. The molecule has 1 heterocycles. The number of rotatable bonds is 5. The monoisotopic (exact) mass is 251 g/mol. The van der Waals surface area contributed by atoms with Crippen molar-refractivity contribution in [1.29, 1.82) is 0 Å². The van der Waals surface area contributed by atoms with Crippen molar-refractivity contribution >= 4 is 5.97 Å². The number of ether oxygens (including phenoxy) is 1. The van der Waals surface area contributed by atoms with Gasteiger partial charge in [0.2, 0.25) is 5.82 Å². The van der Waals surface area contributed by atoms with E-state index in [1.165, 1.54) is 25.7 Å². The van der Waals surface area contributed by atoms with E-state index in [1.807, 2.05) is 11.5 Å². The SMILES string of the molecule is CCOC(=O)c1nnc(C)n1CCC1CCCC1. The Morgan fingerprint density at radius 1 is 1.39 bits per heavy atom. The molecule has 0 aliphatic heterocycles. The molecule has 5 heteroatoms. The average Bonchev–Trinajstić information content (AvgIpc) is 2.96. The summed E-state index contributed by atoms with van der Waals surface area (Å²) >= 11 is 0. The van der Waals surface area contributed by atoms with E-state index in [0.717, 1.165) is 24.7 Å². The maximum absolute atomic E-state index is 11.7. The molecule has 0 amide bonds. The van der Waals surface area contributed by atoms with Gasteiger partial charge < -0.3 is 9.30 Å². The molecule has 0 N–H and O–H groups in total. The van der Waals surface area contributed by atoms with Gasteiger partial charge in [0.05, 0.1) is 6.61 Å². The van der Waals surface area contributed by atoms with Gasteiger partial charge in [-0.2, -0.15) is 0 Å². The predicted octanol–water partition coefficient (Wildman–Crippen LogP) is 2.34. The number of hydrogen-bond acceptors (Lipinski definition) is 4. The molecule has 1 aromatic heterocycles. The van der Waals surface area contributed by atoms with Crippen molar-refractivity contribution in [2.75, 3.05) is 6.61 Å². The van der Waals surface area contributed by atoms with Crippen LogP contribution in [0.5, 0.6) is 0 Å². The van der Waals surface area contributed by atoms with Gasteiger partial charge in [-0.25, -0.2) is 4.79 Å². The molecule has 100 valence electrons. The lowest BCUT2D eigenvalue weighted by Gasteiger charge is -2.11. The van der Waals surface area contributed by atoms with E-state index in [4.69, 9.17) is 4.74 Å². The summed E-state index contributed by atoms with van der Waals surface area (Å²) in [5, 5.41) is 7.90. The third-order valence-electron chi connectivity index (χ3n) is 3.63. The number of carbonyl (C=O) groups is 1. The second kappa shape index (κ2) is 5.98. The molecular formula is C13H21N3O2. The molecular weight excluding hydrogens is 230 g/mol. The van der Waals surface area contributed by atoms with Crippen LogP contribution in [0.2, 0.25) is 0 Å². The Balaban J connectivity index is 2.01. The van der Waals surface area contributed by atoms with E-state index < -0.39 is 0 Å². The van der Waals surface area contributed by atoms with E-state index in [9.17, 15) is 4.79 Å². The zero-order chi connectivity index (χ0) is 13.0. The van der Waals surface area contributed by atoms with Gasteiger partial charge in [-0.15, -0.1) is 10.2 Å². The van der Waals surface area contributed by atoms with Crippen LogP contribution in [0, 0.1) is 12.8 Å². The van der Waals surface area contributed by atoms with Crippen LogP contribution in [0.3, 0.4) is 0 Å². The van der Waals surface area contributed by atoms with Gasteiger partial charge in [-0.1, -0.05) is 25.7 Å². The largest absolute Gasteiger partial charge is 0.460 e. The zero-order valence-electron chi connectivity index (χ0n) is 11.2. The van der Waals surface area contributed by atoms with Crippen molar-refractivity contribution in [2.45, 2.75) is 52.5 Å².